The molecule has 140 valence electrons. The van der Waals surface area contributed by atoms with Gasteiger partial charge in [-0.05, 0) is 34.9 Å². The Morgan fingerprint density at radius 1 is 1.04 bits per heavy atom. The van der Waals surface area contributed by atoms with Gasteiger partial charge in [0.2, 0.25) is 0 Å². The number of allylic oxidation sites excluding steroid dienone is 3. The average Bonchev–Trinajstić information content (AvgIpc) is 2.96. The second-order valence-electron chi connectivity index (χ2n) is 8.32. The summed E-state index contributed by atoms with van der Waals surface area (Å²) in [7, 11) is 0. The van der Waals surface area contributed by atoms with Crippen molar-refractivity contribution in [2.75, 3.05) is 0 Å². The molecule has 4 heteroatoms. The molecule has 2 aromatic rings. The highest BCUT2D eigenvalue weighted by Crippen LogP contribution is 2.45. The summed E-state index contributed by atoms with van der Waals surface area (Å²) in [5.74, 6) is -0.392. The third kappa shape index (κ3) is 3.10. The Bertz CT molecular complexity index is 1040. The van der Waals surface area contributed by atoms with Crippen LogP contribution >= 0.6 is 0 Å². The number of carbonyl (C=O) groups is 1. The Kier molecular flexibility index (Phi) is 4.31. The van der Waals surface area contributed by atoms with E-state index in [1.54, 1.807) is 0 Å². The van der Waals surface area contributed by atoms with Crippen LogP contribution in [0.1, 0.15) is 38.2 Å². The number of nitriles is 1. The summed E-state index contributed by atoms with van der Waals surface area (Å²) in [4.78, 5) is 13.4. The number of rotatable bonds is 2. The maximum Gasteiger partial charge on any atom is 0.173 e. The third-order valence-corrected chi connectivity index (χ3v) is 5.57. The average molecular weight is 369 g/mol. The van der Waals surface area contributed by atoms with E-state index in [1.165, 1.54) is 0 Å². The Labute approximate surface area is 165 Å². The molecule has 0 fully saturated rings. The number of nitrogens with zero attached hydrogens (tertiary/aromatic N) is 1. The summed E-state index contributed by atoms with van der Waals surface area (Å²) >= 11 is 0. The van der Waals surface area contributed by atoms with Crippen LogP contribution in [0.5, 0.6) is 0 Å². The lowest BCUT2D eigenvalue weighted by molar-refractivity contribution is -0.116. The zero-order valence-corrected chi connectivity index (χ0v) is 16.1. The van der Waals surface area contributed by atoms with Gasteiger partial charge in [-0.25, -0.2) is 0 Å². The van der Waals surface area contributed by atoms with Crippen LogP contribution in [0, 0.1) is 16.7 Å². The first-order valence-electron chi connectivity index (χ1n) is 9.48. The van der Waals surface area contributed by atoms with Gasteiger partial charge in [0.05, 0.1) is 17.6 Å². The van der Waals surface area contributed by atoms with Crippen molar-refractivity contribution in [2.24, 2.45) is 11.1 Å². The molecule has 1 aliphatic carbocycles. The largest absolute Gasteiger partial charge is 0.384 e. The highest BCUT2D eigenvalue weighted by atomic mass is 16.1. The van der Waals surface area contributed by atoms with Gasteiger partial charge >= 0.3 is 0 Å². The van der Waals surface area contributed by atoms with E-state index in [0.717, 1.165) is 34.4 Å². The SMILES string of the molecule is CC1(C)CC2=C(C1)C(=O)C(c1ccc(-c3ccccc3)cc1)C(C#N)=C(N)N2. The van der Waals surface area contributed by atoms with Crippen LogP contribution in [0.4, 0.5) is 0 Å². The van der Waals surface area contributed by atoms with Crippen molar-refractivity contribution in [1.82, 2.24) is 5.32 Å². The second-order valence-corrected chi connectivity index (χ2v) is 8.32. The minimum absolute atomic E-state index is 0.0134. The molecule has 0 bridgehead atoms. The van der Waals surface area contributed by atoms with Crippen LogP contribution in [-0.4, -0.2) is 5.78 Å². The fraction of sp³-hybridized carbons (Fsp3) is 0.250. The van der Waals surface area contributed by atoms with E-state index in [2.05, 4.69) is 25.2 Å². The summed E-state index contributed by atoms with van der Waals surface area (Å²) in [5, 5.41) is 12.9. The lowest BCUT2D eigenvalue weighted by Gasteiger charge is -2.21. The van der Waals surface area contributed by atoms with Crippen LogP contribution in [0.3, 0.4) is 0 Å². The van der Waals surface area contributed by atoms with Crippen molar-refractivity contribution in [3.05, 3.63) is 82.8 Å². The number of hydrogen-bond donors (Lipinski definition) is 2. The summed E-state index contributed by atoms with van der Waals surface area (Å²) in [6.45, 7) is 4.29. The fourth-order valence-corrected chi connectivity index (χ4v) is 4.22. The van der Waals surface area contributed by atoms with Crippen molar-refractivity contribution in [3.8, 4) is 17.2 Å². The Morgan fingerprint density at radius 3 is 2.32 bits per heavy atom. The molecular weight excluding hydrogens is 346 g/mol. The van der Waals surface area contributed by atoms with Crippen LogP contribution in [0.2, 0.25) is 0 Å². The molecule has 0 saturated carbocycles. The predicted octanol–water partition coefficient (Wildman–Crippen LogP) is 4.38. The quantitative estimate of drug-likeness (QED) is 0.823. The smallest absolute Gasteiger partial charge is 0.173 e. The van der Waals surface area contributed by atoms with Gasteiger partial charge in [0.1, 0.15) is 5.82 Å². The Hall–Kier alpha value is -3.32. The topological polar surface area (TPSA) is 78.9 Å². The van der Waals surface area contributed by atoms with Crippen LogP contribution < -0.4 is 11.1 Å². The number of hydrogen-bond acceptors (Lipinski definition) is 4. The zero-order valence-electron chi connectivity index (χ0n) is 16.1. The second kappa shape index (κ2) is 6.69. The van der Waals surface area contributed by atoms with Crippen molar-refractivity contribution in [3.63, 3.8) is 0 Å². The molecule has 0 aromatic heterocycles. The molecule has 3 N–H and O–H groups in total. The molecule has 1 unspecified atom stereocenters. The van der Waals surface area contributed by atoms with Gasteiger partial charge in [-0.15, -0.1) is 0 Å². The lowest BCUT2D eigenvalue weighted by atomic mass is 9.82. The molecule has 4 rings (SSSR count). The molecule has 28 heavy (non-hydrogen) atoms. The van der Waals surface area contributed by atoms with Crippen LogP contribution in [0.25, 0.3) is 11.1 Å². The number of Topliss-reactive ketones (excluding diaryl/α,β-unsaturated/α-hetero) is 1. The molecule has 1 heterocycles. The lowest BCUT2D eigenvalue weighted by Crippen LogP contribution is -2.23. The van der Waals surface area contributed by atoms with Gasteiger partial charge < -0.3 is 11.1 Å². The van der Waals surface area contributed by atoms with E-state index >= 15 is 0 Å². The molecule has 0 radical (unpaired) electrons. The molecule has 1 aliphatic heterocycles. The van der Waals surface area contributed by atoms with Crippen molar-refractivity contribution in [2.45, 2.75) is 32.6 Å². The molecule has 0 spiro atoms. The minimum Gasteiger partial charge on any atom is -0.384 e. The first-order chi connectivity index (χ1) is 13.4. The number of ketones is 1. The predicted molar refractivity (Wildman–Crippen MR) is 110 cm³/mol. The molecule has 2 aromatic carbocycles. The first-order valence-corrected chi connectivity index (χ1v) is 9.48. The number of benzene rings is 2. The fourth-order valence-electron chi connectivity index (χ4n) is 4.22. The van der Waals surface area contributed by atoms with E-state index in [1.807, 2.05) is 54.6 Å². The van der Waals surface area contributed by atoms with Gasteiger partial charge in [-0.2, -0.15) is 5.26 Å². The van der Waals surface area contributed by atoms with Gasteiger partial charge in [-0.1, -0.05) is 68.4 Å². The Morgan fingerprint density at radius 2 is 1.68 bits per heavy atom. The van der Waals surface area contributed by atoms with E-state index in [4.69, 9.17) is 5.73 Å². The maximum absolute atomic E-state index is 13.4. The summed E-state index contributed by atoms with van der Waals surface area (Å²) in [6.07, 6.45) is 1.45. The molecule has 1 atom stereocenters. The van der Waals surface area contributed by atoms with Crippen LogP contribution in [0.15, 0.2) is 77.3 Å². The maximum atomic E-state index is 13.4. The van der Waals surface area contributed by atoms with Gasteiger partial charge in [-0.3, -0.25) is 4.79 Å². The summed E-state index contributed by atoms with van der Waals surface area (Å²) < 4.78 is 0. The monoisotopic (exact) mass is 369 g/mol. The number of nitrogens with one attached hydrogen (secondary N) is 1. The Balaban J connectivity index is 1.76. The minimum atomic E-state index is -0.663. The summed E-state index contributed by atoms with van der Waals surface area (Å²) in [6, 6.07) is 20.1. The zero-order chi connectivity index (χ0) is 19.9. The highest BCUT2D eigenvalue weighted by Gasteiger charge is 2.41. The van der Waals surface area contributed by atoms with E-state index in [0.29, 0.717) is 12.0 Å². The van der Waals surface area contributed by atoms with E-state index in [-0.39, 0.29) is 17.0 Å². The normalized spacial score (nSPS) is 21.0. The molecule has 4 nitrogen and oxygen atoms in total. The highest BCUT2D eigenvalue weighted by molar-refractivity contribution is 6.04. The third-order valence-electron chi connectivity index (χ3n) is 5.57. The number of carbonyl (C=O) groups excluding carboxylic acids is 1. The van der Waals surface area contributed by atoms with Crippen molar-refractivity contribution in [1.29, 1.82) is 5.26 Å². The van der Waals surface area contributed by atoms with Gasteiger partial charge in [0.25, 0.3) is 0 Å². The molecule has 0 saturated heterocycles. The van der Waals surface area contributed by atoms with Crippen LogP contribution in [-0.2, 0) is 4.79 Å². The van der Waals surface area contributed by atoms with Crippen molar-refractivity contribution >= 4 is 5.78 Å². The van der Waals surface area contributed by atoms with E-state index < -0.39 is 5.92 Å². The molecule has 0 amide bonds. The van der Waals surface area contributed by atoms with E-state index in [9.17, 15) is 10.1 Å². The molecule has 2 aliphatic rings. The van der Waals surface area contributed by atoms with Crippen molar-refractivity contribution < 1.29 is 4.79 Å². The van der Waals surface area contributed by atoms with Gasteiger partial charge in [0, 0.05) is 11.3 Å². The number of nitrogens with two attached hydrogens (primary N) is 1. The van der Waals surface area contributed by atoms with Gasteiger partial charge in [0.15, 0.2) is 5.78 Å². The molecular formula is C24H23N3O. The standard InChI is InChI=1S/C24H23N3O/c1-24(2)12-18-20(13-24)27-23(26)19(14-25)21(22(18)28)17-10-8-16(9-11-17)15-6-4-3-5-7-15/h3-11,21,27H,12-13,26H2,1-2H3. The first kappa shape index (κ1) is 18.1. The summed E-state index contributed by atoms with van der Waals surface area (Å²) in [5.41, 5.74) is 11.1.